The Kier molecular flexibility index (Phi) is 5.54. The van der Waals surface area contributed by atoms with Crippen molar-refractivity contribution >= 4 is 5.91 Å². The standard InChI is InChI=1S/C17H18F3N5O2/c1-27-14-9-22-13(11-7-24-16(25-8-11)17(18,19)20)5-10(14)6-23-15(26)12-3-2-4-21-12/h5,7-9,12,21H,2-4,6H2,1H3,(H,23,26). The highest BCUT2D eigenvalue weighted by Gasteiger charge is 2.34. The summed E-state index contributed by atoms with van der Waals surface area (Å²) in [7, 11) is 1.47. The number of hydrogen-bond acceptors (Lipinski definition) is 6. The van der Waals surface area contributed by atoms with E-state index in [1.165, 1.54) is 13.3 Å². The first-order chi connectivity index (χ1) is 12.9. The van der Waals surface area contributed by atoms with E-state index in [2.05, 4.69) is 25.6 Å². The fourth-order valence-electron chi connectivity index (χ4n) is 2.78. The number of nitrogens with one attached hydrogen (secondary N) is 2. The second-order valence-electron chi connectivity index (χ2n) is 6.04. The van der Waals surface area contributed by atoms with E-state index < -0.39 is 12.0 Å². The molecular formula is C17H18F3N5O2. The number of amides is 1. The van der Waals surface area contributed by atoms with Gasteiger partial charge in [0.05, 0.1) is 25.0 Å². The first-order valence-corrected chi connectivity index (χ1v) is 8.32. The Morgan fingerprint density at radius 1 is 1.30 bits per heavy atom. The molecular weight excluding hydrogens is 363 g/mol. The van der Waals surface area contributed by atoms with E-state index in [0.29, 0.717) is 22.6 Å². The number of carbonyl (C=O) groups excluding carboxylic acids is 1. The third kappa shape index (κ3) is 4.51. The minimum atomic E-state index is -4.60. The third-order valence-electron chi connectivity index (χ3n) is 4.20. The molecule has 1 saturated heterocycles. The zero-order valence-corrected chi connectivity index (χ0v) is 14.5. The van der Waals surface area contributed by atoms with Crippen molar-refractivity contribution in [2.75, 3.05) is 13.7 Å². The first-order valence-electron chi connectivity index (χ1n) is 8.32. The molecule has 0 spiro atoms. The van der Waals surface area contributed by atoms with Crippen LogP contribution in [0, 0.1) is 0 Å². The highest BCUT2D eigenvalue weighted by atomic mass is 19.4. The van der Waals surface area contributed by atoms with Gasteiger partial charge in [0.15, 0.2) is 0 Å². The predicted molar refractivity (Wildman–Crippen MR) is 89.7 cm³/mol. The lowest BCUT2D eigenvalue weighted by molar-refractivity contribution is -0.145. The van der Waals surface area contributed by atoms with E-state index in [0.717, 1.165) is 31.8 Å². The van der Waals surface area contributed by atoms with E-state index in [-0.39, 0.29) is 18.5 Å². The predicted octanol–water partition coefficient (Wildman–Crippen LogP) is 1.93. The molecule has 0 radical (unpaired) electrons. The molecule has 1 atom stereocenters. The van der Waals surface area contributed by atoms with Crippen LogP contribution in [0.2, 0.25) is 0 Å². The number of alkyl halides is 3. The molecule has 0 bridgehead atoms. The normalized spacial score (nSPS) is 17.0. The highest BCUT2D eigenvalue weighted by molar-refractivity contribution is 5.82. The summed E-state index contributed by atoms with van der Waals surface area (Å²) in [6, 6.07) is 1.42. The van der Waals surface area contributed by atoms with Gasteiger partial charge in [-0.05, 0) is 25.5 Å². The van der Waals surface area contributed by atoms with Gasteiger partial charge in [0, 0.05) is 30.1 Å². The van der Waals surface area contributed by atoms with Crippen LogP contribution in [0.15, 0.2) is 24.7 Å². The number of carbonyl (C=O) groups is 1. The van der Waals surface area contributed by atoms with Gasteiger partial charge >= 0.3 is 6.18 Å². The topological polar surface area (TPSA) is 89.0 Å². The Bertz CT molecular complexity index is 805. The zero-order chi connectivity index (χ0) is 19.4. The van der Waals surface area contributed by atoms with Crippen molar-refractivity contribution in [2.24, 2.45) is 0 Å². The monoisotopic (exact) mass is 381 g/mol. The minimum absolute atomic E-state index is 0.106. The molecule has 1 amide bonds. The molecule has 1 aliphatic heterocycles. The molecule has 0 aromatic carbocycles. The molecule has 2 aromatic heterocycles. The molecule has 0 saturated carbocycles. The van der Waals surface area contributed by atoms with Crippen molar-refractivity contribution < 1.29 is 22.7 Å². The van der Waals surface area contributed by atoms with E-state index in [9.17, 15) is 18.0 Å². The van der Waals surface area contributed by atoms with Crippen molar-refractivity contribution in [1.82, 2.24) is 25.6 Å². The van der Waals surface area contributed by atoms with Crippen LogP contribution in [0.4, 0.5) is 13.2 Å². The van der Waals surface area contributed by atoms with Crippen LogP contribution >= 0.6 is 0 Å². The maximum atomic E-state index is 12.6. The second-order valence-corrected chi connectivity index (χ2v) is 6.04. The summed E-state index contributed by atoms with van der Waals surface area (Å²) in [5.74, 6) is -0.853. The van der Waals surface area contributed by atoms with Gasteiger partial charge in [-0.25, -0.2) is 9.97 Å². The van der Waals surface area contributed by atoms with Gasteiger partial charge in [-0.1, -0.05) is 0 Å². The van der Waals surface area contributed by atoms with Gasteiger partial charge < -0.3 is 15.4 Å². The molecule has 1 aliphatic rings. The summed E-state index contributed by atoms with van der Waals surface area (Å²) < 4.78 is 43.0. The summed E-state index contributed by atoms with van der Waals surface area (Å²) in [5, 5.41) is 5.95. The van der Waals surface area contributed by atoms with Gasteiger partial charge in [0.1, 0.15) is 5.75 Å². The average molecular weight is 381 g/mol. The molecule has 2 aromatic rings. The highest BCUT2D eigenvalue weighted by Crippen LogP contribution is 2.28. The zero-order valence-electron chi connectivity index (χ0n) is 14.5. The number of rotatable bonds is 5. The van der Waals surface area contributed by atoms with Crippen LogP contribution in [-0.4, -0.2) is 40.6 Å². The number of aromatic nitrogens is 3. The van der Waals surface area contributed by atoms with Crippen LogP contribution in [0.1, 0.15) is 24.2 Å². The second kappa shape index (κ2) is 7.87. The summed E-state index contributed by atoms with van der Waals surface area (Å²) in [6.07, 6.45) is 0.713. The summed E-state index contributed by atoms with van der Waals surface area (Å²) in [4.78, 5) is 23.0. The number of halogens is 3. The van der Waals surface area contributed by atoms with Crippen LogP contribution < -0.4 is 15.4 Å². The minimum Gasteiger partial charge on any atom is -0.495 e. The smallest absolute Gasteiger partial charge is 0.451 e. The number of methoxy groups -OCH3 is 1. The van der Waals surface area contributed by atoms with E-state index in [1.54, 1.807) is 6.07 Å². The van der Waals surface area contributed by atoms with Crippen molar-refractivity contribution in [3.05, 3.63) is 36.0 Å². The SMILES string of the molecule is COc1cnc(-c2cnc(C(F)(F)F)nc2)cc1CNC(=O)C1CCCN1. The number of ether oxygens (including phenoxy) is 1. The Balaban J connectivity index is 1.77. The van der Waals surface area contributed by atoms with E-state index in [4.69, 9.17) is 4.74 Å². The Hall–Kier alpha value is -2.75. The summed E-state index contributed by atoms with van der Waals surface area (Å²) in [5.41, 5.74) is 1.36. The third-order valence-corrected chi connectivity index (χ3v) is 4.20. The van der Waals surface area contributed by atoms with Gasteiger partial charge in [0.25, 0.3) is 0 Å². The van der Waals surface area contributed by atoms with E-state index >= 15 is 0 Å². The number of pyridine rings is 1. The van der Waals surface area contributed by atoms with Gasteiger partial charge in [-0.3, -0.25) is 9.78 Å². The number of nitrogens with zero attached hydrogens (tertiary/aromatic N) is 3. The van der Waals surface area contributed by atoms with Crippen molar-refractivity contribution in [3.63, 3.8) is 0 Å². The first kappa shape index (κ1) is 19.0. The fourth-order valence-corrected chi connectivity index (χ4v) is 2.78. The average Bonchev–Trinajstić information content (AvgIpc) is 3.20. The van der Waals surface area contributed by atoms with Crippen LogP contribution in [0.5, 0.6) is 5.75 Å². The van der Waals surface area contributed by atoms with Gasteiger partial charge in [-0.15, -0.1) is 0 Å². The maximum absolute atomic E-state index is 12.6. The summed E-state index contributed by atoms with van der Waals surface area (Å²) in [6.45, 7) is 1.02. The molecule has 1 fully saturated rings. The molecule has 3 rings (SSSR count). The maximum Gasteiger partial charge on any atom is 0.451 e. The Labute approximate surface area is 153 Å². The quantitative estimate of drug-likeness (QED) is 0.823. The molecule has 7 nitrogen and oxygen atoms in total. The lowest BCUT2D eigenvalue weighted by Crippen LogP contribution is -2.40. The van der Waals surface area contributed by atoms with E-state index in [1.807, 2.05) is 0 Å². The van der Waals surface area contributed by atoms with Crippen LogP contribution in [-0.2, 0) is 17.5 Å². The number of hydrogen-bond donors (Lipinski definition) is 2. The molecule has 144 valence electrons. The summed E-state index contributed by atoms with van der Waals surface area (Å²) >= 11 is 0. The van der Waals surface area contributed by atoms with Crippen molar-refractivity contribution in [2.45, 2.75) is 31.6 Å². The molecule has 3 heterocycles. The molecule has 0 aliphatic carbocycles. The fraction of sp³-hybridized carbons (Fsp3) is 0.412. The Morgan fingerprint density at radius 3 is 2.63 bits per heavy atom. The van der Waals surface area contributed by atoms with Gasteiger partial charge in [0.2, 0.25) is 11.7 Å². The molecule has 27 heavy (non-hydrogen) atoms. The lowest BCUT2D eigenvalue weighted by atomic mass is 10.1. The van der Waals surface area contributed by atoms with Crippen molar-refractivity contribution in [1.29, 1.82) is 0 Å². The van der Waals surface area contributed by atoms with Crippen LogP contribution in [0.3, 0.4) is 0 Å². The molecule has 10 heteroatoms. The molecule has 2 N–H and O–H groups in total. The largest absolute Gasteiger partial charge is 0.495 e. The Morgan fingerprint density at radius 2 is 2.04 bits per heavy atom. The van der Waals surface area contributed by atoms with Gasteiger partial charge in [-0.2, -0.15) is 13.2 Å². The van der Waals surface area contributed by atoms with Crippen LogP contribution in [0.25, 0.3) is 11.3 Å². The lowest BCUT2D eigenvalue weighted by Gasteiger charge is -2.14. The molecule has 1 unspecified atom stereocenters. The van der Waals surface area contributed by atoms with Crippen molar-refractivity contribution in [3.8, 4) is 17.0 Å².